The Hall–Kier alpha value is -2.06. The number of nitrogens with one attached hydrogen (secondary N) is 1. The molecule has 0 atom stereocenters. The van der Waals surface area contributed by atoms with E-state index in [-0.39, 0.29) is 5.56 Å². The van der Waals surface area contributed by atoms with Gasteiger partial charge in [-0.05, 0) is 18.2 Å². The summed E-state index contributed by atoms with van der Waals surface area (Å²) in [4.78, 5) is 0. The molecular weight excluding hydrogens is 323 g/mol. The number of nitrogens with zero attached hydrogens (tertiary/aromatic N) is 1. The van der Waals surface area contributed by atoms with Gasteiger partial charge in [0.2, 0.25) is 0 Å². The van der Waals surface area contributed by atoms with Gasteiger partial charge in [-0.25, -0.2) is 4.39 Å². The van der Waals surface area contributed by atoms with Gasteiger partial charge in [0.1, 0.15) is 17.6 Å². The predicted octanol–water partition coefficient (Wildman–Crippen LogP) is 4.08. The first-order chi connectivity index (χ1) is 9.63. The second-order valence-electron chi connectivity index (χ2n) is 4.12. The van der Waals surface area contributed by atoms with E-state index in [9.17, 15) is 4.39 Å². The molecule has 0 heterocycles. The number of hydrogen-bond acceptors (Lipinski definition) is 3. The summed E-state index contributed by atoms with van der Waals surface area (Å²) < 4.78 is 19.9. The van der Waals surface area contributed by atoms with Crippen LogP contribution in [-0.2, 0) is 6.54 Å². The molecule has 0 unspecified atom stereocenters. The summed E-state index contributed by atoms with van der Waals surface area (Å²) in [5, 5.41) is 11.9. The normalized spacial score (nSPS) is 9.90. The number of anilines is 1. The maximum Gasteiger partial charge on any atom is 0.145 e. The Labute approximate surface area is 125 Å². The van der Waals surface area contributed by atoms with Crippen LogP contribution in [0.1, 0.15) is 11.1 Å². The molecule has 5 heteroatoms. The first-order valence-electron chi connectivity index (χ1n) is 5.90. The lowest BCUT2D eigenvalue weighted by Crippen LogP contribution is -2.03. The highest BCUT2D eigenvalue weighted by Crippen LogP contribution is 2.25. The second kappa shape index (κ2) is 6.40. The van der Waals surface area contributed by atoms with Crippen molar-refractivity contribution in [1.29, 1.82) is 5.26 Å². The van der Waals surface area contributed by atoms with Gasteiger partial charge in [0.05, 0.1) is 12.7 Å². The summed E-state index contributed by atoms with van der Waals surface area (Å²) in [5.74, 6) is 0.220. The topological polar surface area (TPSA) is 45.0 Å². The van der Waals surface area contributed by atoms with Gasteiger partial charge in [-0.3, -0.25) is 0 Å². The SMILES string of the molecule is COc1cc(Br)cc(NCc2cccc(C#N)c2F)c1. The summed E-state index contributed by atoms with van der Waals surface area (Å²) in [6.45, 7) is 0.293. The molecule has 0 amide bonds. The van der Waals surface area contributed by atoms with Crippen LogP contribution in [0.4, 0.5) is 10.1 Å². The fraction of sp³-hybridized carbons (Fsp3) is 0.133. The molecule has 0 aliphatic heterocycles. The van der Waals surface area contributed by atoms with E-state index in [1.807, 2.05) is 24.3 Å². The second-order valence-corrected chi connectivity index (χ2v) is 5.04. The number of methoxy groups -OCH3 is 1. The van der Waals surface area contributed by atoms with Crippen LogP contribution >= 0.6 is 15.9 Å². The van der Waals surface area contributed by atoms with E-state index in [1.54, 1.807) is 19.2 Å². The molecule has 0 aliphatic carbocycles. The number of nitriles is 1. The summed E-state index contributed by atoms with van der Waals surface area (Å²) >= 11 is 3.38. The van der Waals surface area contributed by atoms with Crippen LogP contribution in [0, 0.1) is 17.1 Å². The smallest absolute Gasteiger partial charge is 0.145 e. The number of benzene rings is 2. The molecule has 0 bridgehead atoms. The van der Waals surface area contributed by atoms with Gasteiger partial charge in [0, 0.05) is 28.3 Å². The number of rotatable bonds is 4. The summed E-state index contributed by atoms with van der Waals surface area (Å²) in [6, 6.07) is 12.1. The van der Waals surface area contributed by atoms with Crippen molar-refractivity contribution in [1.82, 2.24) is 0 Å². The molecule has 2 rings (SSSR count). The van der Waals surface area contributed by atoms with Gasteiger partial charge in [0.15, 0.2) is 0 Å². The largest absolute Gasteiger partial charge is 0.497 e. The average Bonchev–Trinajstić information content (AvgIpc) is 2.45. The van der Waals surface area contributed by atoms with Gasteiger partial charge >= 0.3 is 0 Å². The molecule has 0 aromatic heterocycles. The number of hydrogen-bond donors (Lipinski definition) is 1. The molecule has 0 fully saturated rings. The average molecular weight is 335 g/mol. The van der Waals surface area contributed by atoms with Crippen molar-refractivity contribution in [3.63, 3.8) is 0 Å². The van der Waals surface area contributed by atoms with E-state index in [0.29, 0.717) is 17.9 Å². The predicted molar refractivity (Wildman–Crippen MR) is 79.1 cm³/mol. The molecule has 1 N–H and O–H groups in total. The zero-order valence-electron chi connectivity index (χ0n) is 10.8. The maximum absolute atomic E-state index is 13.9. The van der Waals surface area contributed by atoms with Crippen LogP contribution in [-0.4, -0.2) is 7.11 Å². The Balaban J connectivity index is 2.17. The molecule has 0 radical (unpaired) electrons. The Morgan fingerprint density at radius 1 is 1.35 bits per heavy atom. The Morgan fingerprint density at radius 2 is 2.15 bits per heavy atom. The van der Waals surface area contributed by atoms with Crippen molar-refractivity contribution >= 4 is 21.6 Å². The van der Waals surface area contributed by atoms with Crippen LogP contribution in [0.5, 0.6) is 5.75 Å². The van der Waals surface area contributed by atoms with Gasteiger partial charge in [0.25, 0.3) is 0 Å². The van der Waals surface area contributed by atoms with Crippen molar-refractivity contribution in [3.05, 3.63) is 57.8 Å². The standard InChI is InChI=1S/C15H12BrFN2O/c1-20-14-6-12(16)5-13(7-14)19-9-11-4-2-3-10(8-18)15(11)17/h2-7,19H,9H2,1H3. The third-order valence-electron chi connectivity index (χ3n) is 2.79. The van der Waals surface area contributed by atoms with Crippen LogP contribution in [0.15, 0.2) is 40.9 Å². The fourth-order valence-electron chi connectivity index (χ4n) is 1.78. The van der Waals surface area contributed by atoms with Gasteiger partial charge < -0.3 is 10.1 Å². The highest BCUT2D eigenvalue weighted by molar-refractivity contribution is 9.10. The third kappa shape index (κ3) is 3.28. The molecular formula is C15H12BrFN2O. The van der Waals surface area contributed by atoms with E-state index in [1.165, 1.54) is 6.07 Å². The van der Waals surface area contributed by atoms with Crippen molar-refractivity contribution in [3.8, 4) is 11.8 Å². The quantitative estimate of drug-likeness (QED) is 0.916. The van der Waals surface area contributed by atoms with Crippen molar-refractivity contribution in [2.75, 3.05) is 12.4 Å². The van der Waals surface area contributed by atoms with E-state index >= 15 is 0 Å². The molecule has 2 aromatic rings. The molecule has 0 saturated carbocycles. The van der Waals surface area contributed by atoms with Crippen molar-refractivity contribution in [2.45, 2.75) is 6.54 Å². The molecule has 0 spiro atoms. The molecule has 3 nitrogen and oxygen atoms in total. The van der Waals surface area contributed by atoms with Crippen LogP contribution in [0.25, 0.3) is 0 Å². The first kappa shape index (κ1) is 14.4. The van der Waals surface area contributed by atoms with E-state index in [0.717, 1.165) is 10.2 Å². The first-order valence-corrected chi connectivity index (χ1v) is 6.69. The minimum Gasteiger partial charge on any atom is -0.497 e. The monoisotopic (exact) mass is 334 g/mol. The lowest BCUT2D eigenvalue weighted by Gasteiger charge is -2.10. The molecule has 0 aliphatic rings. The third-order valence-corrected chi connectivity index (χ3v) is 3.25. The minimum absolute atomic E-state index is 0.0520. The summed E-state index contributed by atoms with van der Waals surface area (Å²) in [7, 11) is 1.58. The molecule has 0 saturated heterocycles. The Kier molecular flexibility index (Phi) is 4.59. The van der Waals surface area contributed by atoms with E-state index in [4.69, 9.17) is 10.00 Å². The summed E-state index contributed by atoms with van der Waals surface area (Å²) in [5.41, 5.74) is 1.30. The summed E-state index contributed by atoms with van der Waals surface area (Å²) in [6.07, 6.45) is 0. The lowest BCUT2D eigenvalue weighted by molar-refractivity contribution is 0.414. The highest BCUT2D eigenvalue weighted by Gasteiger charge is 2.07. The minimum atomic E-state index is -0.482. The van der Waals surface area contributed by atoms with Gasteiger partial charge in [-0.2, -0.15) is 5.26 Å². The molecule has 2 aromatic carbocycles. The zero-order valence-corrected chi connectivity index (χ0v) is 12.4. The number of halogens is 2. The lowest BCUT2D eigenvalue weighted by atomic mass is 10.1. The van der Waals surface area contributed by atoms with Crippen LogP contribution in [0.3, 0.4) is 0 Å². The Bertz CT molecular complexity index is 667. The van der Waals surface area contributed by atoms with Crippen LogP contribution < -0.4 is 10.1 Å². The van der Waals surface area contributed by atoms with Crippen LogP contribution in [0.2, 0.25) is 0 Å². The van der Waals surface area contributed by atoms with E-state index < -0.39 is 5.82 Å². The number of ether oxygens (including phenoxy) is 1. The van der Waals surface area contributed by atoms with Gasteiger partial charge in [-0.1, -0.05) is 28.1 Å². The molecule has 20 heavy (non-hydrogen) atoms. The van der Waals surface area contributed by atoms with Crippen molar-refractivity contribution in [2.24, 2.45) is 0 Å². The van der Waals surface area contributed by atoms with Crippen molar-refractivity contribution < 1.29 is 9.13 Å². The fourth-order valence-corrected chi connectivity index (χ4v) is 2.25. The maximum atomic E-state index is 13.9. The zero-order chi connectivity index (χ0) is 14.5. The molecule has 102 valence electrons. The van der Waals surface area contributed by atoms with Gasteiger partial charge in [-0.15, -0.1) is 0 Å². The highest BCUT2D eigenvalue weighted by atomic mass is 79.9. The Morgan fingerprint density at radius 3 is 2.85 bits per heavy atom. The van der Waals surface area contributed by atoms with E-state index in [2.05, 4.69) is 21.2 Å².